The third kappa shape index (κ3) is 5.45. The van der Waals surface area contributed by atoms with Crippen LogP contribution in [0.15, 0.2) is 18.2 Å². The molecule has 0 aromatic heterocycles. The van der Waals surface area contributed by atoms with Gasteiger partial charge in [0.2, 0.25) is 5.69 Å². The van der Waals surface area contributed by atoms with Gasteiger partial charge in [0.25, 0.3) is 0 Å². The summed E-state index contributed by atoms with van der Waals surface area (Å²) in [5.41, 5.74) is 5.70. The molecule has 0 aliphatic carbocycles. The molecule has 5 heteroatoms. The van der Waals surface area contributed by atoms with Crippen molar-refractivity contribution in [2.24, 2.45) is 5.41 Å². The van der Waals surface area contributed by atoms with Crippen LogP contribution in [-0.2, 0) is 9.53 Å². The topological polar surface area (TPSA) is 65.9 Å². The molecule has 24 heavy (non-hydrogen) atoms. The van der Waals surface area contributed by atoms with Crippen molar-refractivity contribution in [2.45, 2.75) is 59.5 Å². The Morgan fingerprint density at radius 1 is 1.25 bits per heavy atom. The lowest BCUT2D eigenvalue weighted by Crippen LogP contribution is -2.33. The van der Waals surface area contributed by atoms with Gasteiger partial charge in [-0.1, -0.05) is 19.9 Å². The number of carbonyl (C=O) groups is 1. The third-order valence-electron chi connectivity index (χ3n) is 4.12. The Morgan fingerprint density at radius 2 is 1.88 bits per heavy atom. The molecular formula is C19H28N2O3. The van der Waals surface area contributed by atoms with E-state index in [2.05, 4.69) is 4.85 Å². The maximum absolute atomic E-state index is 12.2. The highest BCUT2D eigenvalue weighted by Crippen LogP contribution is 2.37. The third-order valence-corrected chi connectivity index (χ3v) is 4.12. The van der Waals surface area contributed by atoms with Gasteiger partial charge in [0.15, 0.2) is 0 Å². The number of hydrogen-bond donors (Lipinski definition) is 1. The zero-order valence-electron chi connectivity index (χ0n) is 15.3. The SMILES string of the molecule is [C-]#[N+]c1c(N)cccc1OCC(CC)(CC)CC(=O)OC(C)(C)C. The van der Waals surface area contributed by atoms with Crippen LogP contribution in [0.1, 0.15) is 53.9 Å². The lowest BCUT2D eigenvalue weighted by atomic mass is 9.80. The Hall–Kier alpha value is -2.22. The molecule has 0 radical (unpaired) electrons. The van der Waals surface area contributed by atoms with Crippen LogP contribution in [0.2, 0.25) is 0 Å². The van der Waals surface area contributed by atoms with Crippen LogP contribution < -0.4 is 10.5 Å². The van der Waals surface area contributed by atoms with Crippen LogP contribution in [0.5, 0.6) is 5.75 Å². The molecule has 0 fully saturated rings. The number of nitrogen functional groups attached to an aromatic ring is 1. The second kappa shape index (κ2) is 8.05. The van der Waals surface area contributed by atoms with Gasteiger partial charge in [0, 0.05) is 11.1 Å². The van der Waals surface area contributed by atoms with Crippen molar-refractivity contribution >= 4 is 17.3 Å². The summed E-state index contributed by atoms with van der Waals surface area (Å²) in [6.45, 7) is 17.2. The molecule has 1 aromatic rings. The van der Waals surface area contributed by atoms with E-state index in [-0.39, 0.29) is 17.8 Å². The summed E-state index contributed by atoms with van der Waals surface area (Å²) in [6.07, 6.45) is 1.84. The van der Waals surface area contributed by atoms with Gasteiger partial charge in [-0.25, -0.2) is 4.85 Å². The van der Waals surface area contributed by atoms with Gasteiger partial charge in [0.1, 0.15) is 11.4 Å². The van der Waals surface area contributed by atoms with Crippen LogP contribution in [0.3, 0.4) is 0 Å². The Kier molecular flexibility index (Phi) is 6.65. The minimum Gasteiger partial charge on any atom is -0.504 e. The molecule has 2 N–H and O–H groups in total. The first-order valence-corrected chi connectivity index (χ1v) is 8.27. The average Bonchev–Trinajstić information content (AvgIpc) is 2.49. The number of esters is 1. The molecule has 132 valence electrons. The summed E-state index contributed by atoms with van der Waals surface area (Å²) < 4.78 is 11.3. The maximum Gasteiger partial charge on any atom is 0.306 e. The van der Waals surface area contributed by atoms with Crippen LogP contribution in [-0.4, -0.2) is 18.2 Å². The van der Waals surface area contributed by atoms with E-state index in [1.807, 2.05) is 34.6 Å². The van der Waals surface area contributed by atoms with Crippen LogP contribution in [0.4, 0.5) is 11.4 Å². The number of anilines is 1. The summed E-state index contributed by atoms with van der Waals surface area (Å²) in [5, 5.41) is 0. The quantitative estimate of drug-likeness (QED) is 0.445. The zero-order chi connectivity index (χ0) is 18.4. The first-order valence-electron chi connectivity index (χ1n) is 8.27. The molecule has 0 unspecified atom stereocenters. The number of nitrogens with two attached hydrogens (primary N) is 1. The predicted molar refractivity (Wildman–Crippen MR) is 96.1 cm³/mol. The van der Waals surface area contributed by atoms with Crippen molar-refractivity contribution < 1.29 is 14.3 Å². The van der Waals surface area contributed by atoms with Gasteiger partial charge in [-0.05, 0) is 45.7 Å². The lowest BCUT2D eigenvalue weighted by molar-refractivity contribution is -0.158. The monoisotopic (exact) mass is 332 g/mol. The predicted octanol–water partition coefficient (Wildman–Crippen LogP) is 4.74. The number of carbonyl (C=O) groups excluding carboxylic acids is 1. The Bertz CT molecular complexity index is 608. The Morgan fingerprint density at radius 3 is 2.38 bits per heavy atom. The second-order valence-electron chi connectivity index (χ2n) is 7.06. The highest BCUT2D eigenvalue weighted by molar-refractivity contribution is 5.74. The molecule has 0 aliphatic rings. The molecule has 0 spiro atoms. The van der Waals surface area contributed by atoms with E-state index >= 15 is 0 Å². The number of para-hydroxylation sites is 1. The van der Waals surface area contributed by atoms with Crippen molar-refractivity contribution in [3.63, 3.8) is 0 Å². The summed E-state index contributed by atoms with van der Waals surface area (Å²) in [5.74, 6) is 0.230. The number of benzene rings is 1. The van der Waals surface area contributed by atoms with Crippen molar-refractivity contribution in [1.82, 2.24) is 0 Å². The standard InChI is InChI=1S/C19H28N2O3/c1-7-19(8-2,12-16(22)24-18(3,4)5)13-23-15-11-9-10-14(20)17(15)21-6/h9-11H,7-8,12-13,20H2,1-5H3. The molecule has 0 saturated carbocycles. The molecule has 0 bridgehead atoms. The average molecular weight is 332 g/mol. The molecule has 0 atom stereocenters. The van der Waals surface area contributed by atoms with E-state index in [9.17, 15) is 4.79 Å². The molecule has 0 saturated heterocycles. The highest BCUT2D eigenvalue weighted by atomic mass is 16.6. The fourth-order valence-corrected chi connectivity index (χ4v) is 2.45. The zero-order valence-corrected chi connectivity index (χ0v) is 15.3. The fraction of sp³-hybridized carbons (Fsp3) is 0.579. The van der Waals surface area contributed by atoms with Crippen LogP contribution in [0, 0.1) is 12.0 Å². The maximum atomic E-state index is 12.2. The first kappa shape index (κ1) is 19.8. The summed E-state index contributed by atoms with van der Waals surface area (Å²) in [7, 11) is 0. The summed E-state index contributed by atoms with van der Waals surface area (Å²) in [6, 6.07) is 5.16. The van der Waals surface area contributed by atoms with E-state index in [1.165, 1.54) is 0 Å². The Labute approximate surface area is 145 Å². The van der Waals surface area contributed by atoms with Crippen LogP contribution in [0.25, 0.3) is 4.85 Å². The van der Waals surface area contributed by atoms with Gasteiger partial charge in [-0.3, -0.25) is 4.79 Å². The first-order chi connectivity index (χ1) is 11.2. The van der Waals surface area contributed by atoms with Gasteiger partial charge in [-0.2, -0.15) is 0 Å². The van der Waals surface area contributed by atoms with Gasteiger partial charge >= 0.3 is 5.97 Å². The van der Waals surface area contributed by atoms with Crippen molar-refractivity contribution in [2.75, 3.05) is 12.3 Å². The molecule has 5 nitrogen and oxygen atoms in total. The Balaban J connectivity index is 2.88. The largest absolute Gasteiger partial charge is 0.504 e. The molecular weight excluding hydrogens is 304 g/mol. The number of ether oxygens (including phenoxy) is 2. The van der Waals surface area contributed by atoms with E-state index in [1.54, 1.807) is 18.2 Å². The van der Waals surface area contributed by atoms with Crippen LogP contribution >= 0.6 is 0 Å². The summed E-state index contributed by atoms with van der Waals surface area (Å²) in [4.78, 5) is 15.7. The van der Waals surface area contributed by atoms with Gasteiger partial charge in [-0.15, -0.1) is 0 Å². The minimum absolute atomic E-state index is 0.229. The number of rotatable bonds is 7. The fourth-order valence-electron chi connectivity index (χ4n) is 2.45. The highest BCUT2D eigenvalue weighted by Gasteiger charge is 2.33. The van der Waals surface area contributed by atoms with Crippen molar-refractivity contribution in [3.8, 4) is 5.75 Å². The summed E-state index contributed by atoms with van der Waals surface area (Å²) >= 11 is 0. The molecule has 0 heterocycles. The second-order valence-corrected chi connectivity index (χ2v) is 7.06. The molecule has 1 rings (SSSR count). The number of nitrogens with zero attached hydrogens (tertiary/aromatic N) is 1. The number of hydrogen-bond acceptors (Lipinski definition) is 4. The molecule has 0 amide bonds. The van der Waals surface area contributed by atoms with Crippen molar-refractivity contribution in [1.29, 1.82) is 0 Å². The van der Waals surface area contributed by atoms with E-state index < -0.39 is 5.60 Å². The molecule has 1 aromatic carbocycles. The van der Waals surface area contributed by atoms with E-state index in [0.29, 0.717) is 23.7 Å². The van der Waals surface area contributed by atoms with Gasteiger partial charge < -0.3 is 15.2 Å². The van der Waals surface area contributed by atoms with Gasteiger partial charge in [0.05, 0.1) is 19.6 Å². The normalized spacial score (nSPS) is 11.7. The van der Waals surface area contributed by atoms with Crippen molar-refractivity contribution in [3.05, 3.63) is 29.6 Å². The molecule has 0 aliphatic heterocycles. The van der Waals surface area contributed by atoms with E-state index in [0.717, 1.165) is 12.8 Å². The van der Waals surface area contributed by atoms with E-state index in [4.69, 9.17) is 21.8 Å². The smallest absolute Gasteiger partial charge is 0.306 e. The minimum atomic E-state index is -0.504. The lowest BCUT2D eigenvalue weighted by Gasteiger charge is -2.32.